The minimum Gasteiger partial charge on any atom is -0.205 e. The molecule has 0 aromatic carbocycles. The summed E-state index contributed by atoms with van der Waals surface area (Å²) in [6.07, 6.45) is 38.8. The van der Waals surface area contributed by atoms with Crippen LogP contribution in [0.15, 0.2) is 24.5 Å². The van der Waals surface area contributed by atoms with Crippen molar-refractivity contribution < 1.29 is 4.57 Å². The van der Waals surface area contributed by atoms with Gasteiger partial charge in [0.1, 0.15) is 6.54 Å². The first kappa shape index (κ1) is 30.2. The van der Waals surface area contributed by atoms with E-state index in [1.54, 1.807) is 0 Å². The summed E-state index contributed by atoms with van der Waals surface area (Å²) in [5.74, 6) is 0. The van der Waals surface area contributed by atoms with Crippen LogP contribution in [-0.2, 0) is 13.0 Å². The van der Waals surface area contributed by atoms with Crippen LogP contribution in [0.25, 0.3) is 0 Å². The summed E-state index contributed by atoms with van der Waals surface area (Å²) in [5.41, 5.74) is 1.53. The van der Waals surface area contributed by atoms with E-state index in [4.69, 9.17) is 0 Å². The third-order valence-corrected chi connectivity index (χ3v) is 7.26. The molecule has 0 aliphatic carbocycles. The average molecular weight is 459 g/mol. The molecule has 0 spiro atoms. The number of aryl methyl sites for hydroxylation is 2. The Bertz CT molecular complexity index is 509. The highest BCUT2D eigenvalue weighted by Gasteiger charge is 2.03. The molecule has 0 atom stereocenters. The van der Waals surface area contributed by atoms with Crippen molar-refractivity contribution in [1.82, 2.24) is 0 Å². The maximum absolute atomic E-state index is 2.43. The topological polar surface area (TPSA) is 3.88 Å². The number of unbranched alkanes of at least 4 members (excludes halogenated alkanes) is 21. The Kier molecular flexibility index (Phi) is 22.2. The minimum absolute atomic E-state index is 1.20. The van der Waals surface area contributed by atoms with Gasteiger partial charge in [0.05, 0.1) is 0 Å². The quantitative estimate of drug-likeness (QED) is 0.101. The lowest BCUT2D eigenvalue weighted by Crippen LogP contribution is -2.33. The standard InChI is InChI=1S/C32H60N/c1-3-5-7-9-11-13-15-16-18-20-22-24-27-32-28-26-30-33(31-32)29-25-23-21-19-17-14-12-10-8-6-4-2/h26,28,30-31H,3-25,27,29H2,1-2H3/q+1. The van der Waals surface area contributed by atoms with Crippen molar-refractivity contribution in [2.75, 3.05) is 0 Å². The Morgan fingerprint density at radius 2 is 0.879 bits per heavy atom. The van der Waals surface area contributed by atoms with E-state index in [0.29, 0.717) is 0 Å². The van der Waals surface area contributed by atoms with Crippen molar-refractivity contribution in [3.63, 3.8) is 0 Å². The molecule has 1 rings (SSSR count). The molecule has 0 fully saturated rings. The molecule has 0 aliphatic heterocycles. The maximum Gasteiger partial charge on any atom is 0.171 e. The molecule has 0 saturated heterocycles. The van der Waals surface area contributed by atoms with Gasteiger partial charge in [0.25, 0.3) is 0 Å². The lowest BCUT2D eigenvalue weighted by Gasteiger charge is -2.04. The van der Waals surface area contributed by atoms with Gasteiger partial charge in [0.15, 0.2) is 12.4 Å². The van der Waals surface area contributed by atoms with Gasteiger partial charge >= 0.3 is 0 Å². The van der Waals surface area contributed by atoms with Gasteiger partial charge in [-0.3, -0.25) is 0 Å². The van der Waals surface area contributed by atoms with E-state index >= 15 is 0 Å². The summed E-state index contributed by atoms with van der Waals surface area (Å²) in [5, 5.41) is 0. The third-order valence-electron chi connectivity index (χ3n) is 7.26. The molecule has 1 aromatic heterocycles. The van der Waals surface area contributed by atoms with Crippen molar-refractivity contribution in [1.29, 1.82) is 0 Å². The van der Waals surface area contributed by atoms with Gasteiger partial charge in [0, 0.05) is 18.1 Å². The fourth-order valence-electron chi connectivity index (χ4n) is 4.99. The van der Waals surface area contributed by atoms with E-state index in [0.717, 1.165) is 0 Å². The van der Waals surface area contributed by atoms with Crippen molar-refractivity contribution in [3.05, 3.63) is 30.1 Å². The molecule has 0 bridgehead atoms. The number of aromatic nitrogens is 1. The summed E-state index contributed by atoms with van der Waals surface area (Å²) in [6.45, 7) is 5.80. The Morgan fingerprint density at radius 3 is 1.33 bits per heavy atom. The van der Waals surface area contributed by atoms with E-state index in [-0.39, 0.29) is 0 Å². The lowest BCUT2D eigenvalue weighted by atomic mass is 10.0. The van der Waals surface area contributed by atoms with Crippen molar-refractivity contribution in [2.24, 2.45) is 0 Å². The number of nitrogens with zero attached hydrogens (tertiary/aromatic N) is 1. The second kappa shape index (κ2) is 24.3. The smallest absolute Gasteiger partial charge is 0.171 e. The van der Waals surface area contributed by atoms with E-state index in [1.807, 2.05) is 0 Å². The van der Waals surface area contributed by atoms with E-state index < -0.39 is 0 Å². The van der Waals surface area contributed by atoms with Gasteiger partial charge in [-0.05, 0) is 25.3 Å². The second-order valence-electron chi connectivity index (χ2n) is 10.6. The summed E-state index contributed by atoms with van der Waals surface area (Å²) in [4.78, 5) is 0. The van der Waals surface area contributed by atoms with Crippen molar-refractivity contribution in [3.8, 4) is 0 Å². The van der Waals surface area contributed by atoms with Crippen LogP contribution in [0.3, 0.4) is 0 Å². The van der Waals surface area contributed by atoms with Crippen molar-refractivity contribution in [2.45, 2.75) is 174 Å². The number of pyridine rings is 1. The largest absolute Gasteiger partial charge is 0.205 e. The fraction of sp³-hybridized carbons (Fsp3) is 0.844. The summed E-state index contributed by atoms with van der Waals surface area (Å²) >= 11 is 0. The fourth-order valence-corrected chi connectivity index (χ4v) is 4.99. The Balaban J connectivity index is 1.93. The van der Waals surface area contributed by atoms with Gasteiger partial charge in [0.2, 0.25) is 0 Å². The van der Waals surface area contributed by atoms with Crippen LogP contribution in [0.4, 0.5) is 0 Å². The van der Waals surface area contributed by atoms with E-state index in [1.165, 1.54) is 166 Å². The third kappa shape index (κ3) is 20.3. The summed E-state index contributed by atoms with van der Waals surface area (Å²) < 4.78 is 2.43. The molecule has 0 N–H and O–H groups in total. The SMILES string of the molecule is CCCCCCCCCCCCCCc1ccc[n+](CCCCCCCCCCCCC)c1. The van der Waals surface area contributed by atoms with Gasteiger partial charge < -0.3 is 0 Å². The van der Waals surface area contributed by atoms with Gasteiger partial charge in [-0.2, -0.15) is 0 Å². The van der Waals surface area contributed by atoms with E-state index in [9.17, 15) is 0 Å². The molecule has 0 unspecified atom stereocenters. The summed E-state index contributed by atoms with van der Waals surface area (Å²) in [6, 6.07) is 4.59. The Hall–Kier alpha value is -0.850. The molecule has 1 aromatic rings. The zero-order valence-electron chi connectivity index (χ0n) is 22.9. The molecular formula is C32H60N+. The molecular weight excluding hydrogens is 398 g/mol. The van der Waals surface area contributed by atoms with Crippen LogP contribution in [-0.4, -0.2) is 0 Å². The molecule has 0 aliphatic rings. The highest BCUT2D eigenvalue weighted by Crippen LogP contribution is 2.13. The molecule has 33 heavy (non-hydrogen) atoms. The zero-order chi connectivity index (χ0) is 23.7. The van der Waals surface area contributed by atoms with Gasteiger partial charge in [-0.15, -0.1) is 0 Å². The zero-order valence-corrected chi connectivity index (χ0v) is 22.9. The number of hydrogen-bond acceptors (Lipinski definition) is 0. The van der Waals surface area contributed by atoms with Crippen molar-refractivity contribution >= 4 is 0 Å². The monoisotopic (exact) mass is 458 g/mol. The van der Waals surface area contributed by atoms with Crippen LogP contribution in [0.5, 0.6) is 0 Å². The Morgan fingerprint density at radius 1 is 0.485 bits per heavy atom. The minimum atomic E-state index is 1.20. The predicted molar refractivity (Wildman–Crippen MR) is 148 cm³/mol. The highest BCUT2D eigenvalue weighted by molar-refractivity contribution is 5.05. The molecule has 1 nitrogen and oxygen atoms in total. The number of rotatable bonds is 25. The molecule has 192 valence electrons. The van der Waals surface area contributed by atoms with Gasteiger partial charge in [-0.1, -0.05) is 142 Å². The van der Waals surface area contributed by atoms with Crippen LogP contribution in [0, 0.1) is 0 Å². The molecule has 1 heterocycles. The number of hydrogen-bond donors (Lipinski definition) is 0. The first-order chi connectivity index (χ1) is 16.4. The summed E-state index contributed by atoms with van der Waals surface area (Å²) in [7, 11) is 0. The van der Waals surface area contributed by atoms with E-state index in [2.05, 4.69) is 42.9 Å². The highest BCUT2D eigenvalue weighted by atomic mass is 14.9. The first-order valence-corrected chi connectivity index (χ1v) is 15.3. The Labute approximate surface area is 209 Å². The van der Waals surface area contributed by atoms with Crippen LogP contribution in [0.1, 0.15) is 167 Å². The second-order valence-corrected chi connectivity index (χ2v) is 10.6. The van der Waals surface area contributed by atoms with Crippen LogP contribution >= 0.6 is 0 Å². The molecule has 0 amide bonds. The normalized spacial score (nSPS) is 11.3. The van der Waals surface area contributed by atoms with Gasteiger partial charge in [-0.25, -0.2) is 4.57 Å². The molecule has 1 heteroatoms. The molecule has 0 radical (unpaired) electrons. The average Bonchev–Trinajstić information content (AvgIpc) is 2.83. The maximum atomic E-state index is 2.43. The predicted octanol–water partition coefficient (Wildman–Crippen LogP) is 10.5. The van der Waals surface area contributed by atoms with Crippen LogP contribution < -0.4 is 4.57 Å². The lowest BCUT2D eigenvalue weighted by molar-refractivity contribution is -0.697. The molecule has 0 saturated carbocycles. The van der Waals surface area contributed by atoms with Crippen LogP contribution in [0.2, 0.25) is 0 Å². The first-order valence-electron chi connectivity index (χ1n) is 15.3.